The smallest absolute Gasteiger partial charge is 0.303 e. The zero-order chi connectivity index (χ0) is 23.1. The zero-order valence-electron chi connectivity index (χ0n) is 17.4. The van der Waals surface area contributed by atoms with Crippen molar-refractivity contribution in [1.29, 1.82) is 0 Å². The van der Waals surface area contributed by atoms with Crippen LogP contribution in [0.15, 0.2) is 24.3 Å². The average Bonchev–Trinajstić information content (AvgIpc) is 2.64. The Labute approximate surface area is 183 Å². The van der Waals surface area contributed by atoms with Gasteiger partial charge in [0.2, 0.25) is 12.4 Å². The molecule has 1 saturated heterocycles. The van der Waals surface area contributed by atoms with E-state index in [0.717, 1.165) is 20.8 Å². The van der Waals surface area contributed by atoms with Gasteiger partial charge in [-0.3, -0.25) is 19.2 Å². The number of benzene rings is 1. The minimum Gasteiger partial charge on any atom is -0.463 e. The Balaban J connectivity index is 2.44. The molecule has 10 nitrogen and oxygen atoms in total. The van der Waals surface area contributed by atoms with E-state index in [9.17, 15) is 19.2 Å². The van der Waals surface area contributed by atoms with E-state index in [1.165, 1.54) is 13.0 Å². The van der Waals surface area contributed by atoms with Gasteiger partial charge in [0.05, 0.1) is 0 Å². The summed E-state index contributed by atoms with van der Waals surface area (Å²) >= 11 is 5.98. The van der Waals surface area contributed by atoms with Gasteiger partial charge >= 0.3 is 23.9 Å². The standard InChI is InChI=1S/C20H23ClO10/c1-10(22)26-9-16-17(27-11(2)23)18(28-12(3)24)19(29-13(4)25)20(31-16)30-15-7-5-6-14(21)8-15/h5-8,16-20H,9H2,1-4H3/t16-,17-,18+,19-,20-/m1/s1. The van der Waals surface area contributed by atoms with Crippen LogP contribution in [0.5, 0.6) is 5.75 Å². The number of carbonyl (C=O) groups is 4. The van der Waals surface area contributed by atoms with Gasteiger partial charge in [-0.15, -0.1) is 0 Å². The number of hydrogen-bond donors (Lipinski definition) is 0. The summed E-state index contributed by atoms with van der Waals surface area (Å²) in [5, 5.41) is 0.378. The first-order valence-electron chi connectivity index (χ1n) is 9.29. The van der Waals surface area contributed by atoms with Gasteiger partial charge in [0.25, 0.3) is 0 Å². The summed E-state index contributed by atoms with van der Waals surface area (Å²) in [7, 11) is 0. The molecule has 1 aliphatic rings. The molecule has 5 atom stereocenters. The highest BCUT2D eigenvalue weighted by Crippen LogP contribution is 2.31. The van der Waals surface area contributed by atoms with E-state index in [4.69, 9.17) is 40.0 Å². The molecular weight excluding hydrogens is 436 g/mol. The van der Waals surface area contributed by atoms with E-state index in [1.807, 2.05) is 0 Å². The van der Waals surface area contributed by atoms with Crippen molar-refractivity contribution in [3.05, 3.63) is 29.3 Å². The number of hydrogen-bond acceptors (Lipinski definition) is 10. The summed E-state index contributed by atoms with van der Waals surface area (Å²) in [6.07, 6.45) is -6.25. The van der Waals surface area contributed by atoms with Gasteiger partial charge in [-0.25, -0.2) is 0 Å². The van der Waals surface area contributed by atoms with Gasteiger partial charge in [-0.2, -0.15) is 0 Å². The van der Waals surface area contributed by atoms with Gasteiger partial charge < -0.3 is 28.4 Å². The number of esters is 4. The monoisotopic (exact) mass is 458 g/mol. The summed E-state index contributed by atoms with van der Waals surface area (Å²) in [5.74, 6) is -2.49. The molecule has 1 aromatic rings. The van der Waals surface area contributed by atoms with E-state index in [-0.39, 0.29) is 12.4 Å². The van der Waals surface area contributed by atoms with Crippen molar-refractivity contribution in [2.24, 2.45) is 0 Å². The Bertz CT molecular complexity index is 826. The minimum absolute atomic E-state index is 0.272. The molecule has 0 radical (unpaired) electrons. The Hall–Kier alpha value is -2.85. The molecule has 0 aliphatic carbocycles. The minimum atomic E-state index is -1.31. The van der Waals surface area contributed by atoms with Crippen LogP contribution in [-0.4, -0.2) is 61.2 Å². The quantitative estimate of drug-likeness (QED) is 0.441. The van der Waals surface area contributed by atoms with Crippen LogP contribution in [0.4, 0.5) is 0 Å². The van der Waals surface area contributed by atoms with Crippen LogP contribution in [0.1, 0.15) is 27.7 Å². The molecule has 31 heavy (non-hydrogen) atoms. The largest absolute Gasteiger partial charge is 0.463 e. The van der Waals surface area contributed by atoms with Crippen molar-refractivity contribution >= 4 is 35.5 Å². The SMILES string of the molecule is CC(=O)OC[C@H]1O[C@@H](Oc2cccc(Cl)c2)[C@H](OC(C)=O)[C@@H](OC(C)=O)[C@@H]1OC(C)=O. The topological polar surface area (TPSA) is 124 Å². The van der Waals surface area contributed by atoms with Crippen molar-refractivity contribution in [1.82, 2.24) is 0 Å². The van der Waals surface area contributed by atoms with Gasteiger partial charge in [0, 0.05) is 32.7 Å². The zero-order valence-corrected chi connectivity index (χ0v) is 18.1. The first kappa shape index (κ1) is 24.4. The van der Waals surface area contributed by atoms with Crippen molar-refractivity contribution in [3.8, 4) is 5.75 Å². The lowest BCUT2D eigenvalue weighted by molar-refractivity contribution is -0.288. The van der Waals surface area contributed by atoms with Gasteiger partial charge in [-0.05, 0) is 18.2 Å². The van der Waals surface area contributed by atoms with Crippen LogP contribution in [0.3, 0.4) is 0 Å². The number of halogens is 1. The Kier molecular flexibility index (Phi) is 8.64. The third-order valence-corrected chi connectivity index (χ3v) is 4.23. The van der Waals surface area contributed by atoms with Crippen LogP contribution in [0, 0.1) is 0 Å². The van der Waals surface area contributed by atoms with Crippen LogP contribution in [-0.2, 0) is 42.9 Å². The maximum absolute atomic E-state index is 11.8. The first-order valence-corrected chi connectivity index (χ1v) is 9.67. The van der Waals surface area contributed by atoms with Crippen LogP contribution >= 0.6 is 11.6 Å². The second kappa shape index (κ2) is 11.0. The lowest BCUT2D eigenvalue weighted by Gasteiger charge is -2.43. The van der Waals surface area contributed by atoms with Crippen molar-refractivity contribution in [2.75, 3.05) is 6.61 Å². The predicted molar refractivity (Wildman–Crippen MR) is 104 cm³/mol. The lowest BCUT2D eigenvalue weighted by Crippen LogP contribution is -2.63. The average molecular weight is 459 g/mol. The second-order valence-electron chi connectivity index (χ2n) is 6.64. The molecule has 0 N–H and O–H groups in total. The van der Waals surface area contributed by atoms with E-state index in [2.05, 4.69) is 0 Å². The summed E-state index contributed by atoms with van der Waals surface area (Å²) in [5.41, 5.74) is 0. The van der Waals surface area contributed by atoms with Crippen molar-refractivity contribution in [3.63, 3.8) is 0 Å². The van der Waals surface area contributed by atoms with E-state index >= 15 is 0 Å². The molecule has 1 heterocycles. The molecule has 2 rings (SSSR count). The van der Waals surface area contributed by atoms with E-state index in [1.54, 1.807) is 18.2 Å². The fraction of sp³-hybridized carbons (Fsp3) is 0.500. The maximum Gasteiger partial charge on any atom is 0.303 e. The number of carbonyl (C=O) groups excluding carboxylic acids is 4. The highest BCUT2D eigenvalue weighted by Gasteiger charge is 2.53. The third-order valence-electron chi connectivity index (χ3n) is 4.00. The molecule has 1 fully saturated rings. The fourth-order valence-corrected chi connectivity index (χ4v) is 3.14. The van der Waals surface area contributed by atoms with Crippen molar-refractivity contribution < 1.29 is 47.6 Å². The first-order chi connectivity index (χ1) is 14.6. The fourth-order valence-electron chi connectivity index (χ4n) is 2.96. The molecule has 11 heteroatoms. The molecule has 0 saturated carbocycles. The molecule has 0 unspecified atom stereocenters. The Morgan fingerprint density at radius 2 is 1.45 bits per heavy atom. The molecule has 170 valence electrons. The highest BCUT2D eigenvalue weighted by atomic mass is 35.5. The molecule has 0 bridgehead atoms. The summed E-state index contributed by atoms with van der Waals surface area (Å²) < 4.78 is 32.5. The normalized spacial score (nSPS) is 25.1. The van der Waals surface area contributed by atoms with E-state index in [0.29, 0.717) is 5.02 Å². The Morgan fingerprint density at radius 1 is 0.871 bits per heavy atom. The predicted octanol–water partition coefficient (Wildman–Crippen LogP) is 1.80. The molecule has 1 aromatic carbocycles. The van der Waals surface area contributed by atoms with Crippen molar-refractivity contribution in [2.45, 2.75) is 58.4 Å². The lowest BCUT2D eigenvalue weighted by atomic mass is 9.98. The van der Waals surface area contributed by atoms with Gasteiger partial charge in [-0.1, -0.05) is 17.7 Å². The number of ether oxygens (including phenoxy) is 6. The molecule has 0 aromatic heterocycles. The molecule has 0 spiro atoms. The van der Waals surface area contributed by atoms with Gasteiger partial charge in [0.1, 0.15) is 18.5 Å². The summed E-state index contributed by atoms with van der Waals surface area (Å²) in [6, 6.07) is 6.33. The van der Waals surface area contributed by atoms with Crippen LogP contribution in [0.2, 0.25) is 5.02 Å². The maximum atomic E-state index is 11.8. The third kappa shape index (κ3) is 7.41. The summed E-state index contributed by atoms with van der Waals surface area (Å²) in [6.45, 7) is 4.28. The molecule has 0 amide bonds. The Morgan fingerprint density at radius 3 is 2.00 bits per heavy atom. The molecular formula is C20H23ClO10. The van der Waals surface area contributed by atoms with E-state index < -0.39 is 54.6 Å². The van der Waals surface area contributed by atoms with Crippen LogP contribution in [0.25, 0.3) is 0 Å². The number of rotatable bonds is 7. The van der Waals surface area contributed by atoms with Gasteiger partial charge in [0.15, 0.2) is 12.2 Å². The highest BCUT2D eigenvalue weighted by molar-refractivity contribution is 6.30. The second-order valence-corrected chi connectivity index (χ2v) is 7.08. The summed E-state index contributed by atoms with van der Waals surface area (Å²) in [4.78, 5) is 46.5. The van der Waals surface area contributed by atoms with Crippen LogP contribution < -0.4 is 4.74 Å². The molecule has 1 aliphatic heterocycles.